The van der Waals surface area contributed by atoms with Crippen LogP contribution in [0.4, 0.5) is 17.1 Å². The molecule has 0 bridgehead atoms. The summed E-state index contributed by atoms with van der Waals surface area (Å²) in [4.78, 5) is 28.3. The number of para-hydroxylation sites is 1. The second-order valence-electron chi connectivity index (χ2n) is 9.09. The van der Waals surface area contributed by atoms with Gasteiger partial charge in [-0.2, -0.15) is 0 Å². The lowest BCUT2D eigenvalue weighted by molar-refractivity contribution is -0.132. The average molecular weight is 553 g/mol. The average Bonchev–Trinajstić information content (AvgIpc) is 3.16. The van der Waals surface area contributed by atoms with E-state index >= 15 is 0 Å². The van der Waals surface area contributed by atoms with E-state index in [2.05, 4.69) is 21.2 Å². The van der Waals surface area contributed by atoms with Crippen molar-refractivity contribution in [3.8, 4) is 0 Å². The minimum absolute atomic E-state index is 0.0730. The van der Waals surface area contributed by atoms with Crippen LogP contribution in [0.15, 0.2) is 107 Å². The number of aryl methyl sites for hydroxylation is 2. The van der Waals surface area contributed by atoms with Crippen LogP contribution in [0.25, 0.3) is 5.76 Å². The molecule has 0 aliphatic carbocycles. The summed E-state index contributed by atoms with van der Waals surface area (Å²) in [6, 6.07) is 29.4. The Balaban J connectivity index is 1.60. The molecular weight excluding hydrogens is 528 g/mol. The first-order valence-corrected chi connectivity index (χ1v) is 12.7. The van der Waals surface area contributed by atoms with Gasteiger partial charge in [-0.25, -0.2) is 0 Å². The molecule has 4 aromatic rings. The van der Waals surface area contributed by atoms with E-state index in [0.29, 0.717) is 11.3 Å². The van der Waals surface area contributed by atoms with Crippen molar-refractivity contribution in [3.05, 3.63) is 129 Å². The van der Waals surface area contributed by atoms with Crippen LogP contribution < -0.4 is 10.2 Å². The second kappa shape index (κ2) is 10.1. The zero-order valence-corrected chi connectivity index (χ0v) is 22.0. The van der Waals surface area contributed by atoms with Crippen LogP contribution in [0.5, 0.6) is 0 Å². The summed E-state index contributed by atoms with van der Waals surface area (Å²) in [7, 11) is 0. The highest BCUT2D eigenvalue weighted by Gasteiger charge is 2.47. The smallest absolute Gasteiger partial charge is 0.300 e. The van der Waals surface area contributed by atoms with Crippen molar-refractivity contribution in [2.24, 2.45) is 0 Å². The van der Waals surface area contributed by atoms with Gasteiger partial charge in [0.1, 0.15) is 5.76 Å². The molecule has 1 amide bonds. The van der Waals surface area contributed by atoms with Crippen molar-refractivity contribution in [2.75, 3.05) is 10.2 Å². The number of amides is 1. The third-order valence-corrected chi connectivity index (χ3v) is 7.33. The van der Waals surface area contributed by atoms with Crippen LogP contribution in [0.2, 0.25) is 0 Å². The molecule has 0 spiro atoms. The number of aliphatic hydroxyl groups excluding tert-OH is 1. The van der Waals surface area contributed by atoms with Gasteiger partial charge in [0.2, 0.25) is 0 Å². The van der Waals surface area contributed by atoms with Crippen molar-refractivity contribution in [1.82, 2.24) is 0 Å². The van der Waals surface area contributed by atoms with Crippen molar-refractivity contribution in [1.29, 1.82) is 0 Å². The fraction of sp³-hybridized carbons (Fsp3) is 0.0968. The Morgan fingerprint density at radius 3 is 2.22 bits per heavy atom. The van der Waals surface area contributed by atoms with Crippen molar-refractivity contribution in [2.45, 2.75) is 19.9 Å². The maximum atomic E-state index is 13.4. The van der Waals surface area contributed by atoms with E-state index in [9.17, 15) is 14.7 Å². The number of halogens is 1. The third kappa shape index (κ3) is 4.80. The molecule has 1 unspecified atom stereocenters. The molecule has 0 aromatic heterocycles. The van der Waals surface area contributed by atoms with Crippen LogP contribution in [-0.2, 0) is 9.59 Å². The predicted molar refractivity (Wildman–Crippen MR) is 151 cm³/mol. The van der Waals surface area contributed by atoms with E-state index in [-0.39, 0.29) is 11.3 Å². The molecule has 184 valence electrons. The van der Waals surface area contributed by atoms with Crippen LogP contribution in [0, 0.1) is 13.8 Å². The Bertz CT molecular complexity index is 1530. The minimum Gasteiger partial charge on any atom is -0.507 e. The largest absolute Gasteiger partial charge is 0.507 e. The first kappa shape index (κ1) is 24.5. The molecule has 1 heterocycles. The van der Waals surface area contributed by atoms with Crippen molar-refractivity contribution >= 4 is 50.4 Å². The summed E-state index contributed by atoms with van der Waals surface area (Å²) in [5.74, 6) is -1.58. The van der Waals surface area contributed by atoms with Gasteiger partial charge in [0.05, 0.1) is 11.6 Å². The molecule has 0 saturated carbocycles. The predicted octanol–water partition coefficient (Wildman–Crippen LogP) is 7.44. The van der Waals surface area contributed by atoms with Gasteiger partial charge in [-0.3, -0.25) is 14.5 Å². The Morgan fingerprint density at radius 1 is 0.838 bits per heavy atom. The van der Waals surface area contributed by atoms with Gasteiger partial charge in [0, 0.05) is 27.1 Å². The Morgan fingerprint density at radius 2 is 1.54 bits per heavy atom. The van der Waals surface area contributed by atoms with Crippen LogP contribution in [-0.4, -0.2) is 16.8 Å². The van der Waals surface area contributed by atoms with Gasteiger partial charge < -0.3 is 10.4 Å². The third-order valence-electron chi connectivity index (χ3n) is 6.44. The lowest BCUT2D eigenvalue weighted by atomic mass is 9.94. The van der Waals surface area contributed by atoms with E-state index in [1.807, 2.05) is 98.8 Å². The first-order chi connectivity index (χ1) is 17.8. The number of ketones is 1. The lowest BCUT2D eigenvalue weighted by Gasteiger charge is -2.26. The number of nitrogens with one attached hydrogen (secondary N) is 1. The van der Waals surface area contributed by atoms with Gasteiger partial charge in [0.25, 0.3) is 11.7 Å². The molecule has 2 N–H and O–H groups in total. The number of nitrogens with zero attached hydrogens (tertiary/aromatic N) is 1. The summed E-state index contributed by atoms with van der Waals surface area (Å²) in [6.07, 6.45) is 0. The summed E-state index contributed by atoms with van der Waals surface area (Å²) in [5.41, 5.74) is 5.57. The highest BCUT2D eigenvalue weighted by Crippen LogP contribution is 2.42. The Labute approximate surface area is 224 Å². The standard InChI is InChI=1S/C31H25BrN2O3/c1-19-7-6-8-21(17-19)28-27(29(35)22-11-16-26(32)20(2)18-22)30(36)31(37)34(28)25-14-12-24(13-15-25)33-23-9-4-3-5-10-23/h3-18,28,33,35H,1-2H3/b29-27-. The van der Waals surface area contributed by atoms with Gasteiger partial charge >= 0.3 is 0 Å². The number of rotatable bonds is 5. The molecule has 5 nitrogen and oxygen atoms in total. The number of Topliss-reactive ketones (excluding diaryl/α,β-unsaturated/α-hetero) is 1. The molecule has 1 saturated heterocycles. The van der Waals surface area contributed by atoms with E-state index < -0.39 is 17.7 Å². The van der Waals surface area contributed by atoms with E-state index in [0.717, 1.165) is 32.5 Å². The normalized spacial score (nSPS) is 16.7. The molecule has 1 aliphatic rings. The summed E-state index contributed by atoms with van der Waals surface area (Å²) in [5, 5.41) is 14.7. The quantitative estimate of drug-likeness (QED) is 0.153. The fourth-order valence-corrected chi connectivity index (χ4v) is 4.84. The minimum atomic E-state index is -0.767. The maximum absolute atomic E-state index is 13.4. The number of hydrogen-bond donors (Lipinski definition) is 2. The molecule has 1 atom stereocenters. The topological polar surface area (TPSA) is 69.6 Å². The van der Waals surface area contributed by atoms with Crippen LogP contribution in [0.1, 0.15) is 28.3 Å². The molecule has 6 heteroatoms. The summed E-state index contributed by atoms with van der Waals surface area (Å²) >= 11 is 3.47. The zero-order valence-electron chi connectivity index (χ0n) is 20.4. The van der Waals surface area contributed by atoms with E-state index in [4.69, 9.17) is 0 Å². The number of hydrogen-bond acceptors (Lipinski definition) is 4. The number of carbonyl (C=O) groups is 2. The number of aliphatic hydroxyl groups is 1. The van der Waals surface area contributed by atoms with Gasteiger partial charge in [-0.15, -0.1) is 0 Å². The van der Waals surface area contributed by atoms with Gasteiger partial charge in [0.15, 0.2) is 0 Å². The van der Waals surface area contributed by atoms with Crippen molar-refractivity contribution in [3.63, 3.8) is 0 Å². The molecule has 1 fully saturated rings. The van der Waals surface area contributed by atoms with E-state index in [1.54, 1.807) is 12.1 Å². The SMILES string of the molecule is Cc1cccc(C2/C(=C(/O)c3ccc(Br)c(C)c3)C(=O)C(=O)N2c2ccc(Nc3ccccc3)cc2)c1. The van der Waals surface area contributed by atoms with Crippen LogP contribution >= 0.6 is 15.9 Å². The molecule has 5 rings (SSSR count). The zero-order chi connectivity index (χ0) is 26.1. The molecule has 1 aliphatic heterocycles. The number of anilines is 3. The number of carbonyl (C=O) groups excluding carboxylic acids is 2. The maximum Gasteiger partial charge on any atom is 0.300 e. The first-order valence-electron chi connectivity index (χ1n) is 11.9. The second-order valence-corrected chi connectivity index (χ2v) is 9.94. The van der Waals surface area contributed by atoms with Gasteiger partial charge in [-0.1, -0.05) is 70.0 Å². The molecular formula is C31H25BrN2O3. The molecule has 0 radical (unpaired) electrons. The number of benzene rings is 4. The fourth-order valence-electron chi connectivity index (χ4n) is 4.60. The molecule has 37 heavy (non-hydrogen) atoms. The summed E-state index contributed by atoms with van der Waals surface area (Å²) < 4.78 is 0.893. The lowest BCUT2D eigenvalue weighted by Crippen LogP contribution is -2.29. The monoisotopic (exact) mass is 552 g/mol. The molecule has 4 aromatic carbocycles. The Hall–Kier alpha value is -4.16. The highest BCUT2D eigenvalue weighted by molar-refractivity contribution is 9.10. The van der Waals surface area contributed by atoms with E-state index in [1.165, 1.54) is 4.90 Å². The summed E-state index contributed by atoms with van der Waals surface area (Å²) in [6.45, 7) is 3.86. The van der Waals surface area contributed by atoms with Crippen molar-refractivity contribution < 1.29 is 14.7 Å². The highest BCUT2D eigenvalue weighted by atomic mass is 79.9. The van der Waals surface area contributed by atoms with Gasteiger partial charge in [-0.05, 0) is 73.5 Å². The van der Waals surface area contributed by atoms with Crippen LogP contribution in [0.3, 0.4) is 0 Å². The Kier molecular flexibility index (Phi) is 6.68.